The quantitative estimate of drug-likeness (QED) is 0.355. The molecule has 0 aliphatic carbocycles. The Balaban J connectivity index is 4.05. The fourth-order valence-electron chi connectivity index (χ4n) is 0.894. The Labute approximate surface area is 81.1 Å². The highest BCUT2D eigenvalue weighted by Crippen LogP contribution is 2.09. The normalized spacial score (nSPS) is 11.2. The fraction of sp³-hybridized carbons (Fsp3) is 0.455. The monoisotopic (exact) mass is 181 g/mol. The molecule has 0 radical (unpaired) electrons. The van der Waals surface area contributed by atoms with E-state index in [9.17, 15) is 0 Å². The predicted molar refractivity (Wildman–Crippen MR) is 57.1 cm³/mol. The van der Waals surface area contributed by atoms with Crippen LogP contribution in [0.1, 0.15) is 19.8 Å². The van der Waals surface area contributed by atoms with Crippen LogP contribution in [0.4, 0.5) is 0 Å². The van der Waals surface area contributed by atoms with Crippen molar-refractivity contribution in [3.8, 4) is 0 Å². The zero-order chi connectivity index (χ0) is 10.3. The van der Waals surface area contributed by atoms with Crippen LogP contribution in [0, 0.1) is 0 Å². The third kappa shape index (κ3) is 5.26. The third-order valence-corrected chi connectivity index (χ3v) is 1.83. The first-order valence-corrected chi connectivity index (χ1v) is 4.36. The van der Waals surface area contributed by atoms with Crippen molar-refractivity contribution >= 4 is 0 Å². The van der Waals surface area contributed by atoms with Crippen LogP contribution in [0.3, 0.4) is 0 Å². The molecule has 0 aliphatic rings. The van der Waals surface area contributed by atoms with Crippen LogP contribution >= 0.6 is 0 Å². The van der Waals surface area contributed by atoms with Gasteiger partial charge in [0.25, 0.3) is 0 Å². The number of hydrogen-bond acceptors (Lipinski definition) is 2. The molecule has 74 valence electrons. The molecule has 0 N–H and O–H groups in total. The van der Waals surface area contributed by atoms with Crippen molar-refractivity contribution in [2.24, 2.45) is 0 Å². The first-order valence-electron chi connectivity index (χ1n) is 4.36. The van der Waals surface area contributed by atoms with Crippen LogP contribution < -0.4 is 0 Å². The van der Waals surface area contributed by atoms with Crippen LogP contribution in [0.2, 0.25) is 0 Å². The maximum Gasteiger partial charge on any atom is 0.0638 e. The average molecular weight is 181 g/mol. The van der Waals surface area contributed by atoms with Gasteiger partial charge >= 0.3 is 0 Å². The Kier molecular flexibility index (Phi) is 5.98. The molecular weight excluding hydrogens is 162 g/mol. The molecule has 0 saturated heterocycles. The summed E-state index contributed by atoms with van der Waals surface area (Å²) in [4.78, 5) is 4.99. The lowest BCUT2D eigenvalue weighted by Gasteiger charge is -2.16. The molecule has 0 bridgehead atoms. The van der Waals surface area contributed by atoms with Crippen molar-refractivity contribution in [2.75, 3.05) is 14.2 Å². The first-order chi connectivity index (χ1) is 6.11. The molecule has 0 saturated carbocycles. The van der Waals surface area contributed by atoms with Gasteiger partial charge in [-0.05, 0) is 25.8 Å². The zero-order valence-corrected chi connectivity index (χ0v) is 8.84. The van der Waals surface area contributed by atoms with Crippen molar-refractivity contribution in [3.05, 3.63) is 36.6 Å². The van der Waals surface area contributed by atoms with E-state index in [2.05, 4.69) is 20.1 Å². The van der Waals surface area contributed by atoms with Crippen LogP contribution in [0.15, 0.2) is 36.6 Å². The number of hydroxylamine groups is 2. The molecule has 0 atom stereocenters. The van der Waals surface area contributed by atoms with Crippen molar-refractivity contribution in [1.29, 1.82) is 0 Å². The predicted octanol–water partition coefficient (Wildman–Crippen LogP) is 2.91. The zero-order valence-electron chi connectivity index (χ0n) is 8.84. The minimum absolute atomic E-state index is 0.865. The molecular formula is C11H19NO. The van der Waals surface area contributed by atoms with E-state index in [1.54, 1.807) is 12.2 Å². The van der Waals surface area contributed by atoms with Gasteiger partial charge < -0.3 is 0 Å². The average Bonchev–Trinajstić information content (AvgIpc) is 2.13. The lowest BCUT2D eigenvalue weighted by Crippen LogP contribution is -2.13. The summed E-state index contributed by atoms with van der Waals surface area (Å²) in [6.45, 7) is 9.63. The molecule has 0 aromatic heterocycles. The highest BCUT2D eigenvalue weighted by Gasteiger charge is 1.96. The number of hydrogen-bond donors (Lipinski definition) is 0. The summed E-state index contributed by atoms with van der Waals surface area (Å²) in [5.41, 5.74) is 2.15. The largest absolute Gasteiger partial charge is 0.277 e. The van der Waals surface area contributed by atoms with E-state index in [-0.39, 0.29) is 0 Å². The van der Waals surface area contributed by atoms with Crippen molar-refractivity contribution < 1.29 is 4.84 Å². The molecule has 0 aliphatic heterocycles. The molecule has 0 spiro atoms. The molecule has 0 aromatic rings. The summed E-state index contributed by atoms with van der Waals surface area (Å²) in [7, 11) is 3.46. The standard InChI is InChI=1S/C11H19NO/c1-6-7-8-10(2)9-11(3)12(4)13-5/h6,9H,1,3,7-8H2,2,4-5H3/b10-9+. The molecule has 0 rings (SSSR count). The molecule has 0 unspecified atom stereocenters. The minimum Gasteiger partial charge on any atom is -0.277 e. The van der Waals surface area contributed by atoms with Gasteiger partial charge in [-0.3, -0.25) is 9.90 Å². The number of allylic oxidation sites excluding steroid dienone is 3. The molecule has 0 heterocycles. The highest BCUT2D eigenvalue weighted by molar-refractivity contribution is 5.17. The van der Waals surface area contributed by atoms with Gasteiger partial charge in [0.05, 0.1) is 12.8 Å². The lowest BCUT2D eigenvalue weighted by molar-refractivity contribution is -0.0732. The van der Waals surface area contributed by atoms with Crippen LogP contribution in [-0.2, 0) is 4.84 Å². The first kappa shape index (κ1) is 12.0. The van der Waals surface area contributed by atoms with Gasteiger partial charge in [-0.25, -0.2) is 0 Å². The summed E-state index contributed by atoms with van der Waals surface area (Å²) in [5.74, 6) is 0. The van der Waals surface area contributed by atoms with E-state index in [1.165, 1.54) is 5.57 Å². The summed E-state index contributed by atoms with van der Waals surface area (Å²) in [6.07, 6.45) is 5.97. The molecule has 2 heteroatoms. The van der Waals surface area contributed by atoms with Crippen LogP contribution in [0.5, 0.6) is 0 Å². The van der Waals surface area contributed by atoms with Gasteiger partial charge in [-0.15, -0.1) is 6.58 Å². The highest BCUT2D eigenvalue weighted by atomic mass is 16.7. The van der Waals surface area contributed by atoms with Gasteiger partial charge in [0.1, 0.15) is 0 Å². The van der Waals surface area contributed by atoms with E-state index in [1.807, 2.05) is 19.2 Å². The van der Waals surface area contributed by atoms with E-state index in [0.29, 0.717) is 0 Å². The Bertz CT molecular complexity index is 206. The molecule has 0 aromatic carbocycles. The minimum atomic E-state index is 0.865. The number of likely N-dealkylation sites (N-methyl/N-ethyl adjacent to an activating group) is 1. The van der Waals surface area contributed by atoms with E-state index in [4.69, 9.17) is 4.84 Å². The van der Waals surface area contributed by atoms with Crippen molar-refractivity contribution in [2.45, 2.75) is 19.8 Å². The molecule has 13 heavy (non-hydrogen) atoms. The molecule has 0 fully saturated rings. The summed E-state index contributed by atoms with van der Waals surface area (Å²) < 4.78 is 0. The van der Waals surface area contributed by atoms with E-state index < -0.39 is 0 Å². The Morgan fingerprint density at radius 1 is 1.54 bits per heavy atom. The maximum atomic E-state index is 4.99. The third-order valence-electron chi connectivity index (χ3n) is 1.83. The SMILES string of the molecule is C=CCC/C(C)=C/C(=C)N(C)OC. The molecule has 0 amide bonds. The summed E-state index contributed by atoms with van der Waals surface area (Å²) >= 11 is 0. The van der Waals surface area contributed by atoms with Gasteiger partial charge in [-0.1, -0.05) is 18.2 Å². The second-order valence-electron chi connectivity index (χ2n) is 2.99. The fourth-order valence-corrected chi connectivity index (χ4v) is 0.894. The Morgan fingerprint density at radius 2 is 2.15 bits per heavy atom. The topological polar surface area (TPSA) is 12.5 Å². The van der Waals surface area contributed by atoms with Gasteiger partial charge in [0, 0.05) is 7.05 Å². The number of rotatable bonds is 6. The van der Waals surface area contributed by atoms with Crippen molar-refractivity contribution in [1.82, 2.24) is 5.06 Å². The van der Waals surface area contributed by atoms with Gasteiger partial charge in [0.15, 0.2) is 0 Å². The molecule has 2 nitrogen and oxygen atoms in total. The van der Waals surface area contributed by atoms with Gasteiger partial charge in [-0.2, -0.15) is 0 Å². The number of nitrogens with zero attached hydrogens (tertiary/aromatic N) is 1. The maximum absolute atomic E-state index is 4.99. The Hall–Kier alpha value is -1.02. The van der Waals surface area contributed by atoms with Crippen LogP contribution in [-0.4, -0.2) is 19.2 Å². The summed E-state index contributed by atoms with van der Waals surface area (Å²) in [5, 5.41) is 1.64. The van der Waals surface area contributed by atoms with Crippen LogP contribution in [0.25, 0.3) is 0 Å². The van der Waals surface area contributed by atoms with Gasteiger partial charge in [0.2, 0.25) is 0 Å². The van der Waals surface area contributed by atoms with E-state index >= 15 is 0 Å². The lowest BCUT2D eigenvalue weighted by atomic mass is 10.1. The second kappa shape index (κ2) is 6.49. The smallest absolute Gasteiger partial charge is 0.0638 e. The second-order valence-corrected chi connectivity index (χ2v) is 2.99. The van der Waals surface area contributed by atoms with E-state index in [0.717, 1.165) is 18.5 Å². The Morgan fingerprint density at radius 3 is 2.62 bits per heavy atom. The summed E-state index contributed by atoms with van der Waals surface area (Å²) in [6, 6.07) is 0. The van der Waals surface area contributed by atoms with Crippen molar-refractivity contribution in [3.63, 3.8) is 0 Å².